The van der Waals surface area contributed by atoms with E-state index in [1.807, 2.05) is 0 Å². The van der Waals surface area contributed by atoms with Gasteiger partial charge in [-0.25, -0.2) is 13.6 Å². The molecule has 6 nitrogen and oxygen atoms in total. The van der Waals surface area contributed by atoms with Gasteiger partial charge in [0.1, 0.15) is 0 Å². The molecule has 2 rings (SSSR count). The van der Waals surface area contributed by atoms with Crippen LogP contribution in [0.15, 0.2) is 17.0 Å². The van der Waals surface area contributed by atoms with Crippen molar-refractivity contribution in [1.29, 1.82) is 0 Å². The van der Waals surface area contributed by atoms with E-state index >= 15 is 0 Å². The zero-order chi connectivity index (χ0) is 15.6. The number of rotatable bonds is 3. The predicted molar refractivity (Wildman–Crippen MR) is 78.6 cm³/mol. The number of nitrogens with two attached hydrogens (primary N) is 1. The van der Waals surface area contributed by atoms with Crippen molar-refractivity contribution in [2.75, 3.05) is 13.2 Å². The molecule has 1 aromatic carbocycles. The number of hydrogen-bond donors (Lipinski definition) is 2. The third-order valence-corrected chi connectivity index (χ3v) is 4.66. The maximum atomic E-state index is 12.4. The summed E-state index contributed by atoms with van der Waals surface area (Å²) in [6.07, 6.45) is 1.53. The number of carbonyl (C=O) groups excluding carboxylic acids is 1. The first-order chi connectivity index (χ1) is 9.79. The quantitative estimate of drug-likeness (QED) is 0.864. The molecule has 0 aliphatic carbocycles. The lowest BCUT2D eigenvalue weighted by Crippen LogP contribution is -2.39. The lowest BCUT2D eigenvalue weighted by atomic mass is 10.0. The first kappa shape index (κ1) is 15.9. The number of aryl methyl sites for hydroxylation is 1. The zero-order valence-electron chi connectivity index (χ0n) is 12.2. The van der Waals surface area contributed by atoms with Gasteiger partial charge in [0.2, 0.25) is 10.0 Å². The Bertz CT molecular complexity index is 649. The van der Waals surface area contributed by atoms with E-state index in [0.717, 1.165) is 24.0 Å². The molecule has 0 unspecified atom stereocenters. The van der Waals surface area contributed by atoms with Crippen LogP contribution in [-0.4, -0.2) is 33.6 Å². The summed E-state index contributed by atoms with van der Waals surface area (Å²) < 4.78 is 28.2. The molecular formula is C14H20N2O4S. The van der Waals surface area contributed by atoms with Gasteiger partial charge >= 0.3 is 0 Å². The first-order valence-electron chi connectivity index (χ1n) is 6.81. The Balaban J connectivity index is 2.29. The van der Waals surface area contributed by atoms with Crippen LogP contribution >= 0.6 is 0 Å². The Hall–Kier alpha value is -1.44. The molecule has 116 valence electrons. The van der Waals surface area contributed by atoms with Crippen LogP contribution in [0.2, 0.25) is 0 Å². The second kappa shape index (κ2) is 6.13. The minimum Gasteiger partial charge on any atom is -0.381 e. The molecule has 1 aliphatic heterocycles. The summed E-state index contributed by atoms with van der Waals surface area (Å²) in [4.78, 5) is 12.3. The van der Waals surface area contributed by atoms with Crippen LogP contribution < -0.4 is 10.5 Å². The van der Waals surface area contributed by atoms with E-state index in [0.29, 0.717) is 18.8 Å². The molecule has 1 fully saturated rings. The molecule has 1 aromatic rings. The topological polar surface area (TPSA) is 98.5 Å². The van der Waals surface area contributed by atoms with E-state index in [4.69, 9.17) is 9.88 Å². The van der Waals surface area contributed by atoms with Crippen LogP contribution in [0.3, 0.4) is 0 Å². The molecule has 1 saturated heterocycles. The Morgan fingerprint density at radius 3 is 2.48 bits per heavy atom. The number of primary sulfonamides is 1. The summed E-state index contributed by atoms with van der Waals surface area (Å²) in [5.41, 5.74) is 1.83. The molecule has 0 radical (unpaired) electrons. The largest absolute Gasteiger partial charge is 0.381 e. The molecule has 0 saturated carbocycles. The van der Waals surface area contributed by atoms with Crippen molar-refractivity contribution in [3.63, 3.8) is 0 Å². The minimum atomic E-state index is -3.83. The lowest BCUT2D eigenvalue weighted by molar-refractivity contribution is 0.0696. The molecule has 0 aromatic heterocycles. The average molecular weight is 312 g/mol. The van der Waals surface area contributed by atoms with Crippen LogP contribution in [0.5, 0.6) is 0 Å². The molecule has 1 amide bonds. The Kier molecular flexibility index (Phi) is 4.65. The van der Waals surface area contributed by atoms with Gasteiger partial charge in [-0.3, -0.25) is 4.79 Å². The highest BCUT2D eigenvalue weighted by Crippen LogP contribution is 2.20. The van der Waals surface area contributed by atoms with E-state index in [2.05, 4.69) is 5.32 Å². The molecule has 0 bridgehead atoms. The number of nitrogens with one attached hydrogen (secondary N) is 1. The van der Waals surface area contributed by atoms with Crippen LogP contribution in [0.1, 0.15) is 34.3 Å². The SMILES string of the molecule is Cc1cc(S(N)(=O)=O)cc(C(=O)NC2CCOCC2)c1C. The van der Waals surface area contributed by atoms with Gasteiger partial charge in [0.05, 0.1) is 4.90 Å². The van der Waals surface area contributed by atoms with E-state index in [1.165, 1.54) is 12.1 Å². The fourth-order valence-corrected chi connectivity index (χ4v) is 2.95. The summed E-state index contributed by atoms with van der Waals surface area (Å²) in [5.74, 6) is -0.270. The molecule has 1 aliphatic rings. The van der Waals surface area contributed by atoms with E-state index in [-0.39, 0.29) is 16.8 Å². The molecule has 0 atom stereocenters. The summed E-state index contributed by atoms with van der Waals surface area (Å²) in [5, 5.41) is 8.08. The van der Waals surface area contributed by atoms with E-state index < -0.39 is 10.0 Å². The first-order valence-corrected chi connectivity index (χ1v) is 8.36. The van der Waals surface area contributed by atoms with Crippen molar-refractivity contribution in [3.05, 3.63) is 28.8 Å². The van der Waals surface area contributed by atoms with Gasteiger partial charge in [-0.15, -0.1) is 0 Å². The van der Waals surface area contributed by atoms with Crippen molar-refractivity contribution in [2.45, 2.75) is 37.6 Å². The third kappa shape index (κ3) is 3.81. The van der Waals surface area contributed by atoms with Gasteiger partial charge in [0.25, 0.3) is 5.91 Å². The summed E-state index contributed by atoms with van der Waals surface area (Å²) in [6.45, 7) is 4.80. The number of sulfonamides is 1. The maximum Gasteiger partial charge on any atom is 0.251 e. The Morgan fingerprint density at radius 1 is 1.29 bits per heavy atom. The highest BCUT2D eigenvalue weighted by atomic mass is 32.2. The molecule has 3 N–H and O–H groups in total. The van der Waals surface area contributed by atoms with Crippen molar-refractivity contribution in [3.8, 4) is 0 Å². The van der Waals surface area contributed by atoms with Gasteiger partial charge in [0.15, 0.2) is 0 Å². The molecule has 0 spiro atoms. The second-order valence-electron chi connectivity index (χ2n) is 5.32. The zero-order valence-corrected chi connectivity index (χ0v) is 13.0. The summed E-state index contributed by atoms with van der Waals surface area (Å²) >= 11 is 0. The maximum absolute atomic E-state index is 12.4. The molecule has 1 heterocycles. The summed E-state index contributed by atoms with van der Waals surface area (Å²) in [7, 11) is -3.83. The van der Waals surface area contributed by atoms with Crippen LogP contribution in [0.25, 0.3) is 0 Å². The fourth-order valence-electron chi connectivity index (χ4n) is 2.33. The standard InChI is InChI=1S/C14H20N2O4S/c1-9-7-12(21(15,18)19)8-13(10(9)2)14(17)16-11-3-5-20-6-4-11/h7-8,11H,3-6H2,1-2H3,(H,16,17)(H2,15,18,19). The van der Waals surface area contributed by atoms with Gasteiger partial charge in [-0.05, 0) is 49.9 Å². The molecule has 21 heavy (non-hydrogen) atoms. The van der Waals surface area contributed by atoms with Crippen molar-refractivity contribution < 1.29 is 17.9 Å². The van der Waals surface area contributed by atoms with Crippen LogP contribution in [0, 0.1) is 13.8 Å². The minimum absolute atomic E-state index is 0.0391. The number of amides is 1. The van der Waals surface area contributed by atoms with Gasteiger partial charge < -0.3 is 10.1 Å². The highest BCUT2D eigenvalue weighted by molar-refractivity contribution is 7.89. The number of carbonyl (C=O) groups is 1. The van der Waals surface area contributed by atoms with Crippen LogP contribution in [0.4, 0.5) is 0 Å². The normalized spacial score (nSPS) is 16.7. The summed E-state index contributed by atoms with van der Waals surface area (Å²) in [6, 6.07) is 2.88. The molecular weight excluding hydrogens is 292 g/mol. The highest BCUT2D eigenvalue weighted by Gasteiger charge is 2.20. The second-order valence-corrected chi connectivity index (χ2v) is 6.88. The monoisotopic (exact) mass is 312 g/mol. The van der Waals surface area contributed by atoms with Crippen molar-refractivity contribution >= 4 is 15.9 Å². The smallest absolute Gasteiger partial charge is 0.251 e. The van der Waals surface area contributed by atoms with Gasteiger partial charge in [-0.2, -0.15) is 0 Å². The van der Waals surface area contributed by atoms with Gasteiger partial charge in [0, 0.05) is 24.8 Å². The fraction of sp³-hybridized carbons (Fsp3) is 0.500. The van der Waals surface area contributed by atoms with E-state index in [9.17, 15) is 13.2 Å². The number of hydrogen-bond acceptors (Lipinski definition) is 4. The van der Waals surface area contributed by atoms with Gasteiger partial charge in [-0.1, -0.05) is 0 Å². The Labute approximate surface area is 124 Å². The molecule has 7 heteroatoms. The Morgan fingerprint density at radius 2 is 1.90 bits per heavy atom. The number of ether oxygens (including phenoxy) is 1. The average Bonchev–Trinajstić information content (AvgIpc) is 2.41. The van der Waals surface area contributed by atoms with Crippen molar-refractivity contribution in [1.82, 2.24) is 5.32 Å². The lowest BCUT2D eigenvalue weighted by Gasteiger charge is -2.23. The van der Waals surface area contributed by atoms with E-state index in [1.54, 1.807) is 13.8 Å². The third-order valence-electron chi connectivity index (χ3n) is 3.77. The van der Waals surface area contributed by atoms with Crippen LogP contribution in [-0.2, 0) is 14.8 Å². The van der Waals surface area contributed by atoms with Crippen molar-refractivity contribution in [2.24, 2.45) is 5.14 Å². The number of benzene rings is 1. The predicted octanol–water partition coefficient (Wildman–Crippen LogP) is 0.860.